The molecule has 3 aromatic carbocycles. The molecule has 0 aliphatic carbocycles. The van der Waals surface area contributed by atoms with Crippen LogP contribution in [0, 0.1) is 5.82 Å². The van der Waals surface area contributed by atoms with Crippen LogP contribution in [0.4, 0.5) is 4.39 Å². The number of nitrogens with zero attached hydrogens (tertiary/aromatic N) is 1. The number of nitrogens with two attached hydrogens (primary N) is 1. The fourth-order valence-corrected chi connectivity index (χ4v) is 4.52. The molecule has 4 rings (SSSR count). The fourth-order valence-electron chi connectivity index (χ4n) is 4.52. The zero-order chi connectivity index (χ0) is 25.5. The predicted octanol–water partition coefficient (Wildman–Crippen LogP) is 5.19. The van der Waals surface area contributed by atoms with Crippen molar-refractivity contribution in [1.29, 1.82) is 0 Å². The summed E-state index contributed by atoms with van der Waals surface area (Å²) in [5.41, 5.74) is 8.93. The molecular weight excluding hydrogens is 459 g/mol. The average molecular weight is 493 g/mol. The third kappa shape index (κ3) is 6.62. The summed E-state index contributed by atoms with van der Waals surface area (Å²) in [6.45, 7) is 5.50. The Kier molecular flexibility index (Phi) is 8.57. The third-order valence-electron chi connectivity index (χ3n) is 6.38. The minimum Gasteiger partial charge on any atom is -0.492 e. The maximum atomic E-state index is 15.3. The molecule has 1 saturated heterocycles. The molecule has 0 saturated carbocycles. The number of hydrogen-bond acceptors (Lipinski definition) is 5. The molecule has 3 N–H and O–H groups in total. The lowest BCUT2D eigenvalue weighted by atomic mass is 9.97. The van der Waals surface area contributed by atoms with Crippen LogP contribution in [0.3, 0.4) is 0 Å². The largest absolute Gasteiger partial charge is 0.492 e. The minimum atomic E-state index is -0.925. The number of para-hydroxylation sites is 1. The van der Waals surface area contributed by atoms with Crippen LogP contribution < -0.4 is 15.2 Å². The number of likely N-dealkylation sites (tertiary alicyclic amines) is 1. The molecule has 190 valence electrons. The van der Waals surface area contributed by atoms with Gasteiger partial charge in [-0.05, 0) is 68.2 Å². The van der Waals surface area contributed by atoms with E-state index in [0.717, 1.165) is 25.2 Å². The number of rotatable bonds is 11. The van der Waals surface area contributed by atoms with Gasteiger partial charge < -0.3 is 20.3 Å². The highest BCUT2D eigenvalue weighted by Crippen LogP contribution is 2.32. The van der Waals surface area contributed by atoms with Crippen molar-refractivity contribution in [2.75, 3.05) is 26.2 Å². The number of carboxylic acid groups (broad SMARTS) is 1. The number of hydrogen-bond donors (Lipinski definition) is 2. The van der Waals surface area contributed by atoms with Gasteiger partial charge in [0, 0.05) is 29.3 Å². The number of benzene rings is 3. The van der Waals surface area contributed by atoms with Crippen LogP contribution in [0.2, 0.25) is 0 Å². The van der Waals surface area contributed by atoms with Crippen molar-refractivity contribution >= 4 is 5.97 Å². The molecule has 6 nitrogen and oxygen atoms in total. The lowest BCUT2D eigenvalue weighted by molar-refractivity contribution is -0.136. The second kappa shape index (κ2) is 12.0. The van der Waals surface area contributed by atoms with E-state index in [9.17, 15) is 9.90 Å². The monoisotopic (exact) mass is 492 g/mol. The van der Waals surface area contributed by atoms with Crippen LogP contribution in [-0.4, -0.2) is 42.2 Å². The maximum Gasteiger partial charge on any atom is 0.307 e. The van der Waals surface area contributed by atoms with Gasteiger partial charge in [0.1, 0.15) is 30.5 Å². The standard InChI is InChI=1S/C29H33FN2O4/c1-20(31)25-8-6-9-26(29(25)30)23-15-21(16-24(17-23)35-14-13-32-11-4-5-12-32)19-36-27-10-3-2-7-22(27)18-28(33)34/h2-3,6-10,15-17,20H,4-5,11-14,18-19,31H2,1H3,(H,33,34). The van der Waals surface area contributed by atoms with E-state index in [1.165, 1.54) is 12.8 Å². The summed E-state index contributed by atoms with van der Waals surface area (Å²) in [6, 6.07) is 17.5. The summed E-state index contributed by atoms with van der Waals surface area (Å²) in [7, 11) is 0. The van der Waals surface area contributed by atoms with Gasteiger partial charge in [-0.3, -0.25) is 9.69 Å². The van der Waals surface area contributed by atoms with Gasteiger partial charge in [0.25, 0.3) is 0 Å². The van der Waals surface area contributed by atoms with Crippen LogP contribution in [0.5, 0.6) is 11.5 Å². The van der Waals surface area contributed by atoms with Crippen molar-refractivity contribution in [2.24, 2.45) is 5.73 Å². The molecule has 7 heteroatoms. The Balaban J connectivity index is 1.60. The highest BCUT2D eigenvalue weighted by Gasteiger charge is 2.16. The first-order valence-electron chi connectivity index (χ1n) is 12.4. The summed E-state index contributed by atoms with van der Waals surface area (Å²) in [6.07, 6.45) is 2.31. The molecule has 1 aliphatic heterocycles. The lowest BCUT2D eigenvalue weighted by Gasteiger charge is -2.17. The Labute approximate surface area is 211 Å². The minimum absolute atomic E-state index is 0.129. The van der Waals surface area contributed by atoms with E-state index in [2.05, 4.69) is 4.90 Å². The van der Waals surface area contributed by atoms with Crippen LogP contribution in [-0.2, 0) is 17.8 Å². The van der Waals surface area contributed by atoms with Gasteiger partial charge in [0.15, 0.2) is 0 Å². The Morgan fingerprint density at radius 2 is 1.86 bits per heavy atom. The van der Waals surface area contributed by atoms with E-state index in [1.54, 1.807) is 49.4 Å². The van der Waals surface area contributed by atoms with Gasteiger partial charge >= 0.3 is 5.97 Å². The second-order valence-corrected chi connectivity index (χ2v) is 9.23. The summed E-state index contributed by atoms with van der Waals surface area (Å²) in [5, 5.41) is 9.20. The van der Waals surface area contributed by atoms with Crippen molar-refractivity contribution in [1.82, 2.24) is 4.90 Å². The van der Waals surface area contributed by atoms with E-state index >= 15 is 4.39 Å². The highest BCUT2D eigenvalue weighted by atomic mass is 19.1. The Bertz CT molecular complexity index is 1190. The first-order valence-corrected chi connectivity index (χ1v) is 12.4. The second-order valence-electron chi connectivity index (χ2n) is 9.23. The van der Waals surface area contributed by atoms with Crippen LogP contribution in [0.1, 0.15) is 42.5 Å². The van der Waals surface area contributed by atoms with Crippen molar-refractivity contribution < 1.29 is 23.8 Å². The quantitative estimate of drug-likeness (QED) is 0.383. The first-order chi connectivity index (χ1) is 17.4. The summed E-state index contributed by atoms with van der Waals surface area (Å²) in [5.74, 6) is -0.131. The number of ether oxygens (including phenoxy) is 2. The topological polar surface area (TPSA) is 85.0 Å². The van der Waals surface area contributed by atoms with Gasteiger partial charge in [0.05, 0.1) is 6.42 Å². The van der Waals surface area contributed by atoms with Crippen LogP contribution >= 0.6 is 0 Å². The molecule has 1 heterocycles. The van der Waals surface area contributed by atoms with Crippen molar-refractivity contribution in [3.8, 4) is 22.6 Å². The molecule has 1 unspecified atom stereocenters. The van der Waals surface area contributed by atoms with Crippen molar-refractivity contribution in [3.05, 3.63) is 83.2 Å². The first kappa shape index (κ1) is 25.7. The number of halogens is 1. The molecule has 1 aliphatic rings. The third-order valence-corrected chi connectivity index (χ3v) is 6.38. The molecule has 1 atom stereocenters. The number of carboxylic acids is 1. The van der Waals surface area contributed by atoms with Gasteiger partial charge in [0.2, 0.25) is 0 Å². The zero-order valence-electron chi connectivity index (χ0n) is 20.6. The summed E-state index contributed by atoms with van der Waals surface area (Å²) in [4.78, 5) is 13.6. The molecule has 0 spiro atoms. The number of aliphatic carboxylic acids is 1. The molecule has 0 aromatic heterocycles. The van der Waals surface area contributed by atoms with E-state index in [0.29, 0.717) is 40.4 Å². The van der Waals surface area contributed by atoms with E-state index in [4.69, 9.17) is 15.2 Å². The van der Waals surface area contributed by atoms with Gasteiger partial charge in [-0.15, -0.1) is 0 Å². The molecule has 3 aromatic rings. The normalized spacial score (nSPS) is 14.5. The zero-order valence-corrected chi connectivity index (χ0v) is 20.6. The Morgan fingerprint density at radius 3 is 2.61 bits per heavy atom. The average Bonchev–Trinajstić information content (AvgIpc) is 3.36. The summed E-state index contributed by atoms with van der Waals surface area (Å²) < 4.78 is 27.4. The highest BCUT2D eigenvalue weighted by molar-refractivity contribution is 5.71. The maximum absolute atomic E-state index is 15.3. The Hall–Kier alpha value is -3.42. The van der Waals surface area contributed by atoms with Gasteiger partial charge in [-0.1, -0.05) is 36.4 Å². The van der Waals surface area contributed by atoms with E-state index in [-0.39, 0.29) is 18.8 Å². The molecule has 0 bridgehead atoms. The molecule has 36 heavy (non-hydrogen) atoms. The van der Waals surface area contributed by atoms with Crippen molar-refractivity contribution in [3.63, 3.8) is 0 Å². The SMILES string of the molecule is CC(N)c1cccc(-c2cc(COc3ccccc3CC(=O)O)cc(OCCN3CCCC3)c2)c1F. The van der Waals surface area contributed by atoms with Gasteiger partial charge in [-0.25, -0.2) is 4.39 Å². The molecule has 1 fully saturated rings. The summed E-state index contributed by atoms with van der Waals surface area (Å²) >= 11 is 0. The molecule has 0 radical (unpaired) electrons. The van der Waals surface area contributed by atoms with E-state index < -0.39 is 12.0 Å². The van der Waals surface area contributed by atoms with Crippen LogP contribution in [0.15, 0.2) is 60.7 Å². The lowest BCUT2D eigenvalue weighted by Crippen LogP contribution is -2.25. The van der Waals surface area contributed by atoms with Crippen LogP contribution in [0.25, 0.3) is 11.1 Å². The Morgan fingerprint density at radius 1 is 1.08 bits per heavy atom. The predicted molar refractivity (Wildman–Crippen MR) is 138 cm³/mol. The molecule has 0 amide bonds. The smallest absolute Gasteiger partial charge is 0.307 e. The van der Waals surface area contributed by atoms with E-state index in [1.807, 2.05) is 18.2 Å². The number of carbonyl (C=O) groups is 1. The van der Waals surface area contributed by atoms with Gasteiger partial charge in [-0.2, -0.15) is 0 Å². The molecular formula is C29H33FN2O4. The fraction of sp³-hybridized carbons (Fsp3) is 0.345. The van der Waals surface area contributed by atoms with Crippen molar-refractivity contribution in [2.45, 2.75) is 38.8 Å².